The summed E-state index contributed by atoms with van der Waals surface area (Å²) < 4.78 is 46.7. The van der Waals surface area contributed by atoms with E-state index in [4.69, 9.17) is 5.14 Å². The molecule has 2 N–H and O–H groups in total. The molecular weight excluding hydrogens is 294 g/mol. The Morgan fingerprint density at radius 3 is 2.53 bits per heavy atom. The van der Waals surface area contributed by atoms with E-state index in [9.17, 15) is 17.2 Å². The Balaban J connectivity index is 3.35. The minimum Gasteiger partial charge on any atom is -0.243 e. The number of pyridine rings is 1. The molecule has 0 unspecified atom stereocenters. The highest BCUT2D eigenvalue weighted by molar-refractivity contribution is 9.08. The Hall–Kier alpha value is -0.600. The third-order valence-corrected chi connectivity index (χ3v) is 3.08. The molecule has 1 rings (SSSR count). The van der Waals surface area contributed by atoms with Crippen LogP contribution >= 0.6 is 15.9 Å². The molecule has 0 atom stereocenters. The Bertz CT molecular complexity index is 464. The second-order valence-electron chi connectivity index (χ2n) is 2.70. The van der Waals surface area contributed by atoms with Crippen LogP contribution < -0.4 is 5.14 Å². The first-order valence-corrected chi connectivity index (χ1v) is 6.38. The summed E-state index contributed by atoms with van der Waals surface area (Å²) in [6, 6.07) is 0.788. The first kappa shape index (κ1) is 12.5. The maximum Gasteiger partial charge on any atom is 0.264 e. The summed E-state index contributed by atoms with van der Waals surface area (Å²) in [5.74, 6) is 0. The van der Waals surface area contributed by atoms with Crippen LogP contribution in [-0.2, 0) is 15.4 Å². The predicted octanol–water partition coefficient (Wildman–Crippen LogP) is 1.56. The third-order valence-electron chi connectivity index (χ3n) is 1.67. The van der Waals surface area contributed by atoms with Crippen molar-refractivity contribution in [1.29, 1.82) is 0 Å². The zero-order valence-electron chi connectivity index (χ0n) is 7.32. The van der Waals surface area contributed by atoms with Crippen LogP contribution in [-0.4, -0.2) is 13.4 Å². The number of rotatable bonds is 3. The first-order valence-electron chi connectivity index (χ1n) is 3.72. The molecule has 0 spiro atoms. The molecule has 4 nitrogen and oxygen atoms in total. The van der Waals surface area contributed by atoms with Crippen molar-refractivity contribution in [2.75, 3.05) is 0 Å². The summed E-state index contributed by atoms with van der Waals surface area (Å²) in [6.45, 7) is 0. The molecule has 0 aromatic carbocycles. The third kappa shape index (κ3) is 2.93. The average Bonchev–Trinajstić information content (AvgIpc) is 2.15. The molecule has 0 radical (unpaired) electrons. The molecule has 0 amide bonds. The SMILES string of the molecule is NS(=O)(=O)c1cc(C(F)F)c(CBr)cn1. The van der Waals surface area contributed by atoms with Crippen LogP contribution in [0.15, 0.2) is 17.3 Å². The van der Waals surface area contributed by atoms with E-state index >= 15 is 0 Å². The minimum absolute atomic E-state index is 0.171. The number of alkyl halides is 3. The van der Waals surface area contributed by atoms with E-state index in [2.05, 4.69) is 20.9 Å². The van der Waals surface area contributed by atoms with Crippen molar-refractivity contribution in [3.8, 4) is 0 Å². The fourth-order valence-electron chi connectivity index (χ4n) is 0.949. The molecule has 15 heavy (non-hydrogen) atoms. The maximum atomic E-state index is 12.5. The molecule has 0 saturated carbocycles. The number of halogens is 3. The summed E-state index contributed by atoms with van der Waals surface area (Å²) in [7, 11) is -4.04. The quantitative estimate of drug-likeness (QED) is 0.861. The van der Waals surface area contributed by atoms with Crippen LogP contribution in [0.3, 0.4) is 0 Å². The highest BCUT2D eigenvalue weighted by atomic mass is 79.9. The molecule has 1 aromatic heterocycles. The van der Waals surface area contributed by atoms with Crippen molar-refractivity contribution in [3.05, 3.63) is 23.4 Å². The Labute approximate surface area is 93.7 Å². The van der Waals surface area contributed by atoms with Crippen LogP contribution in [0.5, 0.6) is 0 Å². The van der Waals surface area contributed by atoms with E-state index in [0.717, 1.165) is 12.3 Å². The fourth-order valence-corrected chi connectivity index (χ4v) is 1.91. The van der Waals surface area contributed by atoms with Crippen molar-refractivity contribution in [3.63, 3.8) is 0 Å². The van der Waals surface area contributed by atoms with Crippen LogP contribution in [0, 0.1) is 0 Å². The monoisotopic (exact) mass is 300 g/mol. The van der Waals surface area contributed by atoms with Crippen molar-refractivity contribution in [1.82, 2.24) is 4.98 Å². The number of sulfonamides is 1. The number of nitrogens with zero attached hydrogens (tertiary/aromatic N) is 1. The second kappa shape index (κ2) is 4.50. The van der Waals surface area contributed by atoms with E-state index in [1.54, 1.807) is 0 Å². The second-order valence-corrected chi connectivity index (χ2v) is 4.77. The van der Waals surface area contributed by atoms with Crippen LogP contribution in [0.2, 0.25) is 0 Å². The van der Waals surface area contributed by atoms with E-state index in [1.807, 2.05) is 0 Å². The number of nitrogens with two attached hydrogens (primary N) is 1. The lowest BCUT2D eigenvalue weighted by Gasteiger charge is -2.07. The fraction of sp³-hybridized carbons (Fsp3) is 0.286. The van der Waals surface area contributed by atoms with Crippen molar-refractivity contribution in [2.45, 2.75) is 16.8 Å². The zero-order valence-corrected chi connectivity index (χ0v) is 9.72. The van der Waals surface area contributed by atoms with Gasteiger partial charge in [-0.3, -0.25) is 0 Å². The van der Waals surface area contributed by atoms with Gasteiger partial charge in [0.1, 0.15) is 0 Å². The largest absolute Gasteiger partial charge is 0.264 e. The minimum atomic E-state index is -4.04. The Morgan fingerprint density at radius 1 is 1.53 bits per heavy atom. The van der Waals surface area contributed by atoms with Gasteiger partial charge in [-0.1, -0.05) is 15.9 Å². The highest BCUT2D eigenvalue weighted by Gasteiger charge is 2.18. The van der Waals surface area contributed by atoms with Gasteiger partial charge in [-0.2, -0.15) is 0 Å². The number of hydrogen-bond acceptors (Lipinski definition) is 3. The maximum absolute atomic E-state index is 12.5. The van der Waals surface area contributed by atoms with E-state index in [-0.39, 0.29) is 16.5 Å². The van der Waals surface area contributed by atoms with Gasteiger partial charge in [0.15, 0.2) is 5.03 Å². The number of aromatic nitrogens is 1. The van der Waals surface area contributed by atoms with E-state index in [1.165, 1.54) is 0 Å². The lowest BCUT2D eigenvalue weighted by atomic mass is 10.2. The highest BCUT2D eigenvalue weighted by Crippen LogP contribution is 2.25. The Kier molecular flexibility index (Phi) is 3.74. The van der Waals surface area contributed by atoms with Gasteiger partial charge in [0.05, 0.1) is 0 Å². The molecule has 0 aliphatic rings. The molecule has 1 aromatic rings. The summed E-state index contributed by atoms with van der Waals surface area (Å²) >= 11 is 3.00. The van der Waals surface area contributed by atoms with Gasteiger partial charge in [-0.25, -0.2) is 27.3 Å². The van der Waals surface area contributed by atoms with E-state index in [0.29, 0.717) is 0 Å². The summed E-state index contributed by atoms with van der Waals surface area (Å²) in [6.07, 6.45) is -1.70. The molecular formula is C7H7BrF2N2O2S. The number of primary sulfonamides is 1. The molecule has 1 heterocycles. The van der Waals surface area contributed by atoms with E-state index < -0.39 is 21.5 Å². The lowest BCUT2D eigenvalue weighted by molar-refractivity contribution is 0.150. The molecule has 0 aliphatic heterocycles. The van der Waals surface area contributed by atoms with Gasteiger partial charge < -0.3 is 0 Å². The molecule has 0 saturated heterocycles. The summed E-state index contributed by atoms with van der Waals surface area (Å²) in [5, 5.41) is 4.39. The van der Waals surface area contributed by atoms with Gasteiger partial charge in [0, 0.05) is 17.1 Å². The van der Waals surface area contributed by atoms with Gasteiger partial charge in [0.2, 0.25) is 0 Å². The smallest absolute Gasteiger partial charge is 0.243 e. The summed E-state index contributed by atoms with van der Waals surface area (Å²) in [4.78, 5) is 3.49. The average molecular weight is 301 g/mol. The summed E-state index contributed by atoms with van der Waals surface area (Å²) in [5.41, 5.74) is -0.150. The molecule has 0 fully saturated rings. The first-order chi connectivity index (χ1) is 6.86. The van der Waals surface area contributed by atoms with Crippen molar-refractivity contribution in [2.24, 2.45) is 5.14 Å². The van der Waals surface area contributed by atoms with Gasteiger partial charge in [-0.05, 0) is 11.6 Å². The van der Waals surface area contributed by atoms with Crippen molar-refractivity contribution < 1.29 is 17.2 Å². The number of hydrogen-bond donors (Lipinski definition) is 1. The zero-order chi connectivity index (χ0) is 11.6. The van der Waals surface area contributed by atoms with Crippen LogP contribution in [0.25, 0.3) is 0 Å². The molecule has 0 bridgehead atoms. The molecule has 8 heteroatoms. The predicted molar refractivity (Wildman–Crippen MR) is 53.2 cm³/mol. The van der Waals surface area contributed by atoms with Crippen molar-refractivity contribution >= 4 is 26.0 Å². The van der Waals surface area contributed by atoms with Gasteiger partial charge in [0.25, 0.3) is 16.4 Å². The van der Waals surface area contributed by atoms with Crippen LogP contribution in [0.4, 0.5) is 8.78 Å². The lowest BCUT2D eigenvalue weighted by Crippen LogP contribution is -2.14. The Morgan fingerprint density at radius 2 is 2.13 bits per heavy atom. The van der Waals surface area contributed by atoms with Crippen LogP contribution in [0.1, 0.15) is 17.6 Å². The normalized spacial score (nSPS) is 12.1. The topological polar surface area (TPSA) is 73.1 Å². The van der Waals surface area contributed by atoms with Gasteiger partial charge >= 0.3 is 0 Å². The van der Waals surface area contributed by atoms with Gasteiger partial charge in [-0.15, -0.1) is 0 Å². The molecule has 0 aliphatic carbocycles. The molecule has 84 valence electrons. The standard InChI is InChI=1S/C7H7BrF2N2O2S/c8-2-4-3-12-6(15(11,13)14)1-5(4)7(9)10/h1,3,7H,2H2,(H2,11,13,14).